The number of anilines is 1. The minimum Gasteiger partial charge on any atom is -0.465 e. The maximum atomic E-state index is 12.9. The number of aryl methyl sites for hydroxylation is 1. The summed E-state index contributed by atoms with van der Waals surface area (Å²) in [6.07, 6.45) is 1.37. The van der Waals surface area contributed by atoms with Gasteiger partial charge in [-0.3, -0.25) is 4.79 Å². The van der Waals surface area contributed by atoms with Crippen molar-refractivity contribution in [1.82, 2.24) is 14.8 Å². The van der Waals surface area contributed by atoms with E-state index in [1.807, 2.05) is 43.3 Å². The maximum absolute atomic E-state index is 12.9. The molecular formula is C23H17N5O3. The summed E-state index contributed by atoms with van der Waals surface area (Å²) in [4.78, 5) is 29.3. The standard InChI is InChI=1S/C23H17N5O3/c1-14-10-20(26-19-9-4-3-8-18(14)19)28-21(17(12-24)13-25-28)27-22(29)15-6-5-7-16(11-15)23(30)31-2/h3-11,13H,1-2H3,(H,27,29). The van der Waals surface area contributed by atoms with Crippen molar-refractivity contribution in [2.24, 2.45) is 0 Å². The van der Waals surface area contributed by atoms with Crippen molar-refractivity contribution >= 4 is 28.6 Å². The second kappa shape index (κ2) is 8.08. The minimum atomic E-state index is -0.548. The zero-order chi connectivity index (χ0) is 22.0. The second-order valence-electron chi connectivity index (χ2n) is 6.77. The van der Waals surface area contributed by atoms with E-state index in [1.54, 1.807) is 18.2 Å². The molecule has 0 atom stereocenters. The molecule has 0 fully saturated rings. The van der Waals surface area contributed by atoms with Crippen LogP contribution in [-0.2, 0) is 4.74 Å². The number of nitrogens with zero attached hydrogens (tertiary/aromatic N) is 4. The SMILES string of the molecule is COC(=O)c1cccc(C(=O)Nc2c(C#N)cnn2-c2cc(C)c3ccccc3n2)c1. The van der Waals surface area contributed by atoms with Gasteiger partial charge < -0.3 is 10.1 Å². The quantitative estimate of drug-likeness (QED) is 0.514. The summed E-state index contributed by atoms with van der Waals surface area (Å²) in [6, 6.07) is 17.7. The number of fused-ring (bicyclic) bond motifs is 1. The van der Waals surface area contributed by atoms with Crippen LogP contribution < -0.4 is 5.32 Å². The predicted octanol–water partition coefficient (Wildman–Crippen LogP) is 3.64. The first-order chi connectivity index (χ1) is 15.0. The molecule has 2 aromatic heterocycles. The van der Waals surface area contributed by atoms with Crippen LogP contribution in [0.2, 0.25) is 0 Å². The van der Waals surface area contributed by atoms with Crippen LogP contribution in [-0.4, -0.2) is 33.8 Å². The van der Waals surface area contributed by atoms with Crippen LogP contribution in [0.25, 0.3) is 16.7 Å². The summed E-state index contributed by atoms with van der Waals surface area (Å²) < 4.78 is 6.12. The van der Waals surface area contributed by atoms with Crippen LogP contribution in [0.5, 0.6) is 0 Å². The number of esters is 1. The number of carbonyl (C=O) groups is 2. The Hall–Kier alpha value is -4.51. The monoisotopic (exact) mass is 411 g/mol. The minimum absolute atomic E-state index is 0.185. The maximum Gasteiger partial charge on any atom is 0.337 e. The molecule has 0 radical (unpaired) electrons. The zero-order valence-electron chi connectivity index (χ0n) is 16.8. The lowest BCUT2D eigenvalue weighted by atomic mass is 10.1. The fourth-order valence-electron chi connectivity index (χ4n) is 3.25. The molecule has 31 heavy (non-hydrogen) atoms. The number of benzene rings is 2. The molecule has 2 heterocycles. The van der Waals surface area contributed by atoms with Crippen LogP contribution in [0.15, 0.2) is 60.8 Å². The number of hydrogen-bond donors (Lipinski definition) is 1. The van der Waals surface area contributed by atoms with Gasteiger partial charge in [-0.25, -0.2) is 9.78 Å². The van der Waals surface area contributed by atoms with Crippen LogP contribution in [0.1, 0.15) is 31.8 Å². The number of pyridine rings is 1. The lowest BCUT2D eigenvalue weighted by molar-refractivity contribution is 0.0600. The first kappa shape index (κ1) is 19.8. The smallest absolute Gasteiger partial charge is 0.337 e. The van der Waals surface area contributed by atoms with Crippen molar-refractivity contribution in [3.8, 4) is 11.9 Å². The van der Waals surface area contributed by atoms with E-state index in [0.717, 1.165) is 16.5 Å². The van der Waals surface area contributed by atoms with E-state index < -0.39 is 11.9 Å². The van der Waals surface area contributed by atoms with E-state index in [4.69, 9.17) is 4.74 Å². The number of hydrogen-bond acceptors (Lipinski definition) is 6. The van der Waals surface area contributed by atoms with Gasteiger partial charge in [-0.1, -0.05) is 24.3 Å². The van der Waals surface area contributed by atoms with Gasteiger partial charge in [-0.15, -0.1) is 0 Å². The molecule has 0 bridgehead atoms. The number of amides is 1. The summed E-state index contributed by atoms with van der Waals surface area (Å²) in [6.45, 7) is 1.96. The molecule has 0 saturated heterocycles. The predicted molar refractivity (Wildman–Crippen MR) is 114 cm³/mol. The molecule has 0 aliphatic heterocycles. The van der Waals surface area contributed by atoms with E-state index in [-0.39, 0.29) is 22.5 Å². The molecule has 0 spiro atoms. The van der Waals surface area contributed by atoms with Crippen LogP contribution in [0, 0.1) is 18.3 Å². The van der Waals surface area contributed by atoms with E-state index in [9.17, 15) is 14.9 Å². The summed E-state index contributed by atoms with van der Waals surface area (Å²) in [5, 5.41) is 17.5. The lowest BCUT2D eigenvalue weighted by Crippen LogP contribution is -2.17. The molecule has 2 aromatic carbocycles. The van der Waals surface area contributed by atoms with Gasteiger partial charge in [-0.2, -0.15) is 15.0 Å². The Morgan fingerprint density at radius 2 is 1.87 bits per heavy atom. The third kappa shape index (κ3) is 3.72. The summed E-state index contributed by atoms with van der Waals surface area (Å²) in [5.41, 5.74) is 2.43. The van der Waals surface area contributed by atoms with Gasteiger partial charge in [0, 0.05) is 10.9 Å². The third-order valence-corrected chi connectivity index (χ3v) is 4.79. The van der Waals surface area contributed by atoms with Gasteiger partial charge in [0.25, 0.3) is 5.91 Å². The van der Waals surface area contributed by atoms with Crippen LogP contribution in [0.3, 0.4) is 0 Å². The molecule has 0 aliphatic rings. The van der Waals surface area contributed by atoms with Gasteiger partial charge in [-0.05, 0) is 42.8 Å². The topological polar surface area (TPSA) is 110 Å². The second-order valence-corrected chi connectivity index (χ2v) is 6.77. The number of nitrogens with one attached hydrogen (secondary N) is 1. The Bertz CT molecular complexity index is 1370. The van der Waals surface area contributed by atoms with Gasteiger partial charge in [0.2, 0.25) is 0 Å². The van der Waals surface area contributed by atoms with E-state index in [0.29, 0.717) is 5.82 Å². The highest BCUT2D eigenvalue weighted by Crippen LogP contribution is 2.24. The van der Waals surface area contributed by atoms with Crippen molar-refractivity contribution < 1.29 is 14.3 Å². The zero-order valence-corrected chi connectivity index (χ0v) is 16.8. The number of para-hydroxylation sites is 1. The first-order valence-corrected chi connectivity index (χ1v) is 9.36. The number of methoxy groups -OCH3 is 1. The van der Waals surface area contributed by atoms with Crippen molar-refractivity contribution in [2.45, 2.75) is 6.92 Å². The highest BCUT2D eigenvalue weighted by molar-refractivity contribution is 6.06. The Labute approximate surface area is 177 Å². The number of aromatic nitrogens is 3. The molecule has 1 N–H and O–H groups in total. The molecule has 1 amide bonds. The molecule has 0 unspecified atom stereocenters. The van der Waals surface area contributed by atoms with Crippen LogP contribution in [0.4, 0.5) is 5.82 Å². The summed E-state index contributed by atoms with van der Waals surface area (Å²) >= 11 is 0. The van der Waals surface area contributed by atoms with Gasteiger partial charge in [0.15, 0.2) is 11.6 Å². The fourth-order valence-corrected chi connectivity index (χ4v) is 3.25. The third-order valence-electron chi connectivity index (χ3n) is 4.79. The van der Waals surface area contributed by atoms with E-state index in [1.165, 1.54) is 24.1 Å². The van der Waals surface area contributed by atoms with Crippen molar-refractivity contribution in [1.29, 1.82) is 5.26 Å². The number of ether oxygens (including phenoxy) is 1. The molecule has 8 heteroatoms. The van der Waals surface area contributed by atoms with Gasteiger partial charge in [0.1, 0.15) is 11.6 Å². The molecule has 4 aromatic rings. The molecule has 8 nitrogen and oxygen atoms in total. The number of rotatable bonds is 4. The molecule has 152 valence electrons. The van der Waals surface area contributed by atoms with Gasteiger partial charge in [0.05, 0.1) is 24.4 Å². The Balaban J connectivity index is 1.74. The molecule has 4 rings (SSSR count). The Morgan fingerprint density at radius 1 is 1.10 bits per heavy atom. The van der Waals surface area contributed by atoms with Gasteiger partial charge >= 0.3 is 5.97 Å². The largest absolute Gasteiger partial charge is 0.465 e. The Morgan fingerprint density at radius 3 is 2.65 bits per heavy atom. The van der Waals surface area contributed by atoms with Crippen molar-refractivity contribution in [2.75, 3.05) is 12.4 Å². The average molecular weight is 411 g/mol. The lowest BCUT2D eigenvalue weighted by Gasteiger charge is -2.11. The van der Waals surface area contributed by atoms with Crippen LogP contribution >= 0.6 is 0 Å². The number of carbonyl (C=O) groups excluding carboxylic acids is 2. The molecular weight excluding hydrogens is 394 g/mol. The van der Waals surface area contributed by atoms with Crippen molar-refractivity contribution in [3.05, 3.63) is 83.0 Å². The summed E-state index contributed by atoms with van der Waals surface area (Å²) in [7, 11) is 1.27. The summed E-state index contributed by atoms with van der Waals surface area (Å²) in [5.74, 6) is -0.385. The Kier molecular flexibility index (Phi) is 5.16. The molecule has 0 aliphatic carbocycles. The highest BCUT2D eigenvalue weighted by atomic mass is 16.5. The number of nitriles is 1. The van der Waals surface area contributed by atoms with E-state index >= 15 is 0 Å². The van der Waals surface area contributed by atoms with E-state index in [2.05, 4.69) is 15.4 Å². The highest BCUT2D eigenvalue weighted by Gasteiger charge is 2.18. The average Bonchev–Trinajstić information content (AvgIpc) is 3.21. The first-order valence-electron chi connectivity index (χ1n) is 9.36. The normalized spacial score (nSPS) is 10.5. The van der Waals surface area contributed by atoms with Crippen molar-refractivity contribution in [3.63, 3.8) is 0 Å². The molecule has 0 saturated carbocycles. The fraction of sp³-hybridized carbons (Fsp3) is 0.0870.